The van der Waals surface area contributed by atoms with Gasteiger partial charge in [0.2, 0.25) is 0 Å². The molecule has 0 aliphatic heterocycles. The van der Waals surface area contributed by atoms with E-state index in [1.54, 1.807) is 24.4 Å². The van der Waals surface area contributed by atoms with Crippen molar-refractivity contribution in [3.63, 3.8) is 0 Å². The maximum Gasteiger partial charge on any atom is 0.274 e. The fourth-order valence-electron chi connectivity index (χ4n) is 2.09. The SMILES string of the molecule is O=[N+]([O-])c1ccccc1CNc1ccc2[nH]ncc2c1. The van der Waals surface area contributed by atoms with E-state index in [-0.39, 0.29) is 10.6 Å². The van der Waals surface area contributed by atoms with E-state index < -0.39 is 0 Å². The van der Waals surface area contributed by atoms with Crippen LogP contribution in [0.2, 0.25) is 0 Å². The minimum absolute atomic E-state index is 0.129. The van der Waals surface area contributed by atoms with Crippen LogP contribution in [-0.4, -0.2) is 15.1 Å². The Morgan fingerprint density at radius 2 is 2.10 bits per heavy atom. The van der Waals surface area contributed by atoms with Gasteiger partial charge in [0.05, 0.1) is 16.6 Å². The molecule has 100 valence electrons. The van der Waals surface area contributed by atoms with Crippen LogP contribution in [0.25, 0.3) is 10.9 Å². The van der Waals surface area contributed by atoms with Gasteiger partial charge in [-0.05, 0) is 18.2 Å². The van der Waals surface area contributed by atoms with Crippen molar-refractivity contribution in [2.24, 2.45) is 0 Å². The highest BCUT2D eigenvalue weighted by atomic mass is 16.6. The van der Waals surface area contributed by atoms with Gasteiger partial charge in [-0.15, -0.1) is 0 Å². The second kappa shape index (κ2) is 5.00. The standard InChI is InChI=1S/C14H12N4O2/c19-18(20)14-4-2-1-3-10(14)8-15-12-5-6-13-11(7-12)9-16-17-13/h1-7,9,15H,8H2,(H,16,17). The number of fused-ring (bicyclic) bond motifs is 1. The molecule has 20 heavy (non-hydrogen) atoms. The van der Waals surface area contributed by atoms with Crippen LogP contribution in [0.1, 0.15) is 5.56 Å². The lowest BCUT2D eigenvalue weighted by Crippen LogP contribution is -2.02. The van der Waals surface area contributed by atoms with Crippen molar-refractivity contribution in [2.75, 3.05) is 5.32 Å². The lowest BCUT2D eigenvalue weighted by molar-refractivity contribution is -0.385. The van der Waals surface area contributed by atoms with Crippen LogP contribution in [0.5, 0.6) is 0 Å². The molecule has 3 rings (SSSR count). The van der Waals surface area contributed by atoms with Crippen LogP contribution < -0.4 is 5.32 Å². The molecule has 1 heterocycles. The number of nitro groups is 1. The Bertz CT molecular complexity index is 766. The molecular weight excluding hydrogens is 256 g/mol. The van der Waals surface area contributed by atoms with E-state index in [1.807, 2.05) is 18.2 Å². The molecule has 6 heteroatoms. The van der Waals surface area contributed by atoms with Crippen LogP contribution in [0.3, 0.4) is 0 Å². The molecule has 0 bridgehead atoms. The number of hydrogen-bond donors (Lipinski definition) is 2. The van der Waals surface area contributed by atoms with Gasteiger partial charge < -0.3 is 5.32 Å². The van der Waals surface area contributed by atoms with Crippen molar-refractivity contribution in [3.8, 4) is 0 Å². The molecular formula is C14H12N4O2. The topological polar surface area (TPSA) is 83.9 Å². The largest absolute Gasteiger partial charge is 0.381 e. The molecule has 0 atom stereocenters. The molecule has 6 nitrogen and oxygen atoms in total. The van der Waals surface area contributed by atoms with Gasteiger partial charge in [-0.25, -0.2) is 0 Å². The Labute approximate surface area is 114 Å². The summed E-state index contributed by atoms with van der Waals surface area (Å²) in [4.78, 5) is 10.6. The van der Waals surface area contributed by atoms with Crippen molar-refractivity contribution in [3.05, 3.63) is 64.3 Å². The quantitative estimate of drug-likeness (QED) is 0.562. The number of hydrogen-bond acceptors (Lipinski definition) is 4. The number of aromatic nitrogens is 2. The van der Waals surface area contributed by atoms with E-state index >= 15 is 0 Å². The Balaban J connectivity index is 1.80. The second-order valence-corrected chi connectivity index (χ2v) is 4.41. The van der Waals surface area contributed by atoms with E-state index in [0.717, 1.165) is 16.6 Å². The molecule has 2 N–H and O–H groups in total. The number of nitro benzene ring substituents is 1. The van der Waals surface area contributed by atoms with E-state index in [4.69, 9.17) is 0 Å². The summed E-state index contributed by atoms with van der Waals surface area (Å²) >= 11 is 0. The van der Waals surface area contributed by atoms with Gasteiger partial charge in [0.1, 0.15) is 0 Å². The maximum absolute atomic E-state index is 10.9. The molecule has 1 aromatic heterocycles. The molecule has 0 spiro atoms. The molecule has 2 aromatic carbocycles. The zero-order valence-electron chi connectivity index (χ0n) is 10.5. The molecule has 0 amide bonds. The Morgan fingerprint density at radius 3 is 2.95 bits per heavy atom. The first-order valence-corrected chi connectivity index (χ1v) is 6.13. The minimum Gasteiger partial charge on any atom is -0.381 e. The Morgan fingerprint density at radius 1 is 1.25 bits per heavy atom. The van der Waals surface area contributed by atoms with E-state index in [0.29, 0.717) is 12.1 Å². The van der Waals surface area contributed by atoms with Crippen molar-refractivity contribution >= 4 is 22.3 Å². The zero-order valence-corrected chi connectivity index (χ0v) is 10.5. The van der Waals surface area contributed by atoms with E-state index in [1.165, 1.54) is 6.07 Å². The monoisotopic (exact) mass is 268 g/mol. The number of rotatable bonds is 4. The minimum atomic E-state index is -0.365. The highest BCUT2D eigenvalue weighted by Crippen LogP contribution is 2.21. The van der Waals surface area contributed by atoms with Crippen molar-refractivity contribution in [1.82, 2.24) is 10.2 Å². The molecule has 0 aliphatic rings. The third-order valence-corrected chi connectivity index (χ3v) is 3.11. The van der Waals surface area contributed by atoms with Gasteiger partial charge in [-0.2, -0.15) is 5.10 Å². The van der Waals surface area contributed by atoms with Crippen molar-refractivity contribution < 1.29 is 4.92 Å². The number of benzene rings is 2. The summed E-state index contributed by atoms with van der Waals surface area (Å²) in [5.41, 5.74) is 2.65. The number of nitrogens with one attached hydrogen (secondary N) is 2. The van der Waals surface area contributed by atoms with Gasteiger partial charge in [0, 0.05) is 29.2 Å². The lowest BCUT2D eigenvalue weighted by Gasteiger charge is -2.07. The number of nitrogens with zero attached hydrogens (tertiary/aromatic N) is 2. The fourth-order valence-corrected chi connectivity index (χ4v) is 2.09. The highest BCUT2D eigenvalue weighted by molar-refractivity contribution is 5.81. The van der Waals surface area contributed by atoms with Crippen LogP contribution in [0.4, 0.5) is 11.4 Å². The summed E-state index contributed by atoms with van der Waals surface area (Å²) in [6.07, 6.45) is 1.74. The van der Waals surface area contributed by atoms with Gasteiger partial charge in [-0.3, -0.25) is 15.2 Å². The van der Waals surface area contributed by atoms with Crippen LogP contribution >= 0.6 is 0 Å². The average molecular weight is 268 g/mol. The molecule has 3 aromatic rings. The fraction of sp³-hybridized carbons (Fsp3) is 0.0714. The summed E-state index contributed by atoms with van der Waals surface area (Å²) in [6.45, 7) is 0.403. The number of para-hydroxylation sites is 1. The lowest BCUT2D eigenvalue weighted by atomic mass is 10.1. The van der Waals surface area contributed by atoms with E-state index in [2.05, 4.69) is 15.5 Å². The van der Waals surface area contributed by atoms with Crippen LogP contribution in [0.15, 0.2) is 48.7 Å². The highest BCUT2D eigenvalue weighted by Gasteiger charge is 2.11. The first kappa shape index (κ1) is 12.2. The molecule has 0 radical (unpaired) electrons. The van der Waals surface area contributed by atoms with Crippen molar-refractivity contribution in [1.29, 1.82) is 0 Å². The normalized spacial score (nSPS) is 10.6. The summed E-state index contributed by atoms with van der Waals surface area (Å²) in [5, 5.41) is 22.0. The van der Waals surface area contributed by atoms with Gasteiger partial charge in [0.15, 0.2) is 0 Å². The molecule has 0 saturated heterocycles. The summed E-state index contributed by atoms with van der Waals surface area (Å²) in [6, 6.07) is 12.5. The van der Waals surface area contributed by atoms with Crippen LogP contribution in [0, 0.1) is 10.1 Å². The smallest absolute Gasteiger partial charge is 0.274 e. The van der Waals surface area contributed by atoms with E-state index in [9.17, 15) is 10.1 Å². The molecule has 0 fully saturated rings. The predicted octanol–water partition coefficient (Wildman–Crippen LogP) is 3.08. The first-order chi connectivity index (χ1) is 9.74. The third-order valence-electron chi connectivity index (χ3n) is 3.11. The predicted molar refractivity (Wildman–Crippen MR) is 76.5 cm³/mol. The molecule has 0 unspecified atom stereocenters. The van der Waals surface area contributed by atoms with Crippen molar-refractivity contribution in [2.45, 2.75) is 6.54 Å². The summed E-state index contributed by atoms with van der Waals surface area (Å²) in [5.74, 6) is 0. The first-order valence-electron chi connectivity index (χ1n) is 6.13. The molecule has 0 aliphatic carbocycles. The number of H-pyrrole nitrogens is 1. The summed E-state index contributed by atoms with van der Waals surface area (Å²) < 4.78 is 0. The van der Waals surface area contributed by atoms with Crippen LogP contribution in [-0.2, 0) is 6.54 Å². The van der Waals surface area contributed by atoms with Gasteiger partial charge in [0.25, 0.3) is 5.69 Å². The number of aromatic amines is 1. The van der Waals surface area contributed by atoms with Gasteiger partial charge in [-0.1, -0.05) is 18.2 Å². The maximum atomic E-state index is 10.9. The zero-order chi connectivity index (χ0) is 13.9. The Kier molecular flexibility index (Phi) is 3.04. The number of anilines is 1. The average Bonchev–Trinajstić information content (AvgIpc) is 2.92. The van der Waals surface area contributed by atoms with Gasteiger partial charge >= 0.3 is 0 Å². The molecule has 0 saturated carbocycles. The summed E-state index contributed by atoms with van der Waals surface area (Å²) in [7, 11) is 0. The second-order valence-electron chi connectivity index (χ2n) is 4.41. The Hall–Kier alpha value is -2.89. The third kappa shape index (κ3) is 2.31.